The van der Waals surface area contributed by atoms with Crippen molar-refractivity contribution >= 4 is 29.9 Å². The van der Waals surface area contributed by atoms with Crippen LogP contribution in [0.15, 0.2) is 40.8 Å². The Labute approximate surface area is 153 Å². The number of halogens is 2. The first-order valence-corrected chi connectivity index (χ1v) is 8.29. The van der Waals surface area contributed by atoms with Crippen molar-refractivity contribution in [2.45, 2.75) is 19.8 Å². The van der Waals surface area contributed by atoms with Crippen molar-refractivity contribution in [3.8, 4) is 11.3 Å². The fraction of sp³-hybridized carbons (Fsp3) is 0.389. The van der Waals surface area contributed by atoms with Gasteiger partial charge in [0.05, 0.1) is 5.02 Å². The van der Waals surface area contributed by atoms with Gasteiger partial charge in [0.2, 0.25) is 0 Å². The summed E-state index contributed by atoms with van der Waals surface area (Å²) in [6.07, 6.45) is 2.13. The fourth-order valence-corrected chi connectivity index (χ4v) is 3.08. The van der Waals surface area contributed by atoms with Gasteiger partial charge >= 0.3 is 0 Å². The minimum Gasteiger partial charge on any atom is -0.451 e. The SMILES string of the molecule is CC1(CNC(=O)c2ccc(-c3ccccc3Cl)o2)CCNCC1.Cl. The van der Waals surface area contributed by atoms with Crippen LogP contribution in [0.5, 0.6) is 0 Å². The Morgan fingerprint density at radius 1 is 1.25 bits per heavy atom. The van der Waals surface area contributed by atoms with Crippen LogP contribution in [0.3, 0.4) is 0 Å². The van der Waals surface area contributed by atoms with E-state index in [1.807, 2.05) is 18.2 Å². The van der Waals surface area contributed by atoms with E-state index in [1.165, 1.54) is 0 Å². The average molecular weight is 369 g/mol. The van der Waals surface area contributed by atoms with Gasteiger partial charge in [0.25, 0.3) is 5.91 Å². The highest BCUT2D eigenvalue weighted by molar-refractivity contribution is 6.33. The highest BCUT2D eigenvalue weighted by Crippen LogP contribution is 2.29. The first-order valence-electron chi connectivity index (χ1n) is 7.91. The number of carbonyl (C=O) groups excluding carboxylic acids is 1. The van der Waals surface area contributed by atoms with E-state index in [1.54, 1.807) is 18.2 Å². The highest BCUT2D eigenvalue weighted by atomic mass is 35.5. The second-order valence-corrected chi connectivity index (χ2v) is 6.79. The minimum absolute atomic E-state index is 0. The van der Waals surface area contributed by atoms with E-state index >= 15 is 0 Å². The number of piperidine rings is 1. The van der Waals surface area contributed by atoms with Crippen molar-refractivity contribution in [2.75, 3.05) is 19.6 Å². The Hall–Kier alpha value is -1.49. The number of hydrogen-bond acceptors (Lipinski definition) is 3. The molecule has 0 unspecified atom stereocenters. The van der Waals surface area contributed by atoms with Crippen LogP contribution in [0.4, 0.5) is 0 Å². The van der Waals surface area contributed by atoms with Gasteiger partial charge in [0.1, 0.15) is 5.76 Å². The summed E-state index contributed by atoms with van der Waals surface area (Å²) in [5.41, 5.74) is 0.942. The maximum atomic E-state index is 12.3. The predicted molar refractivity (Wildman–Crippen MR) is 98.9 cm³/mol. The molecular formula is C18H22Cl2N2O2. The lowest BCUT2D eigenvalue weighted by Gasteiger charge is -2.33. The zero-order valence-corrected chi connectivity index (χ0v) is 15.2. The van der Waals surface area contributed by atoms with Crippen molar-refractivity contribution in [3.05, 3.63) is 47.2 Å². The van der Waals surface area contributed by atoms with Crippen molar-refractivity contribution in [2.24, 2.45) is 5.41 Å². The number of furan rings is 1. The molecule has 0 saturated carbocycles. The lowest BCUT2D eigenvalue weighted by atomic mass is 9.81. The topological polar surface area (TPSA) is 54.3 Å². The van der Waals surface area contributed by atoms with Gasteiger partial charge in [0.15, 0.2) is 5.76 Å². The van der Waals surface area contributed by atoms with Crippen molar-refractivity contribution in [1.82, 2.24) is 10.6 Å². The molecule has 1 fully saturated rings. The Morgan fingerprint density at radius 3 is 2.67 bits per heavy atom. The van der Waals surface area contributed by atoms with E-state index in [2.05, 4.69) is 17.6 Å². The molecule has 6 heteroatoms. The van der Waals surface area contributed by atoms with Crippen LogP contribution >= 0.6 is 24.0 Å². The molecule has 2 N–H and O–H groups in total. The van der Waals surface area contributed by atoms with E-state index in [-0.39, 0.29) is 23.7 Å². The molecular weight excluding hydrogens is 347 g/mol. The van der Waals surface area contributed by atoms with Gasteiger partial charge in [0, 0.05) is 12.1 Å². The van der Waals surface area contributed by atoms with E-state index < -0.39 is 0 Å². The number of carbonyl (C=O) groups is 1. The Kier molecular flexibility index (Phi) is 6.33. The van der Waals surface area contributed by atoms with Crippen LogP contribution in [0.25, 0.3) is 11.3 Å². The van der Waals surface area contributed by atoms with Gasteiger partial charge in [-0.25, -0.2) is 0 Å². The Balaban J connectivity index is 0.00000208. The van der Waals surface area contributed by atoms with Crippen molar-refractivity contribution in [3.63, 3.8) is 0 Å². The van der Waals surface area contributed by atoms with Crippen molar-refractivity contribution in [1.29, 1.82) is 0 Å². The van der Waals surface area contributed by atoms with Gasteiger partial charge in [-0.1, -0.05) is 30.7 Å². The van der Waals surface area contributed by atoms with Crippen LogP contribution < -0.4 is 10.6 Å². The van der Waals surface area contributed by atoms with Gasteiger partial charge in [-0.05, 0) is 55.6 Å². The third kappa shape index (κ3) is 4.32. The molecule has 1 amide bonds. The third-order valence-electron chi connectivity index (χ3n) is 4.46. The normalized spacial score (nSPS) is 16.2. The molecule has 2 heterocycles. The quantitative estimate of drug-likeness (QED) is 0.852. The molecule has 0 spiro atoms. The van der Waals surface area contributed by atoms with Gasteiger partial charge < -0.3 is 15.1 Å². The Morgan fingerprint density at radius 2 is 1.96 bits per heavy atom. The highest BCUT2D eigenvalue weighted by Gasteiger charge is 2.27. The number of rotatable bonds is 4. The number of hydrogen-bond donors (Lipinski definition) is 2. The second-order valence-electron chi connectivity index (χ2n) is 6.39. The third-order valence-corrected chi connectivity index (χ3v) is 4.79. The summed E-state index contributed by atoms with van der Waals surface area (Å²) in [6.45, 7) is 4.88. The maximum absolute atomic E-state index is 12.3. The molecule has 24 heavy (non-hydrogen) atoms. The van der Waals surface area contributed by atoms with Crippen molar-refractivity contribution < 1.29 is 9.21 Å². The monoisotopic (exact) mass is 368 g/mol. The summed E-state index contributed by atoms with van der Waals surface area (Å²) in [4.78, 5) is 12.3. The van der Waals surface area contributed by atoms with E-state index in [4.69, 9.17) is 16.0 Å². The lowest BCUT2D eigenvalue weighted by molar-refractivity contribution is 0.0895. The van der Waals surface area contributed by atoms with Gasteiger partial charge in [-0.3, -0.25) is 4.79 Å². The first kappa shape index (κ1) is 18.8. The molecule has 0 aliphatic carbocycles. The molecule has 0 atom stereocenters. The summed E-state index contributed by atoms with van der Waals surface area (Å²) in [6, 6.07) is 10.9. The van der Waals surface area contributed by atoms with Crippen LogP contribution in [0.2, 0.25) is 5.02 Å². The summed E-state index contributed by atoms with van der Waals surface area (Å²) in [5.74, 6) is 0.745. The molecule has 0 radical (unpaired) electrons. The number of amides is 1. The minimum atomic E-state index is -0.178. The zero-order valence-electron chi connectivity index (χ0n) is 13.6. The van der Waals surface area contributed by atoms with Crippen LogP contribution in [0, 0.1) is 5.41 Å². The number of benzene rings is 1. The first-order chi connectivity index (χ1) is 11.1. The van der Waals surface area contributed by atoms with Gasteiger partial charge in [-0.15, -0.1) is 12.4 Å². The smallest absolute Gasteiger partial charge is 0.287 e. The Bertz CT molecular complexity index is 694. The van der Waals surface area contributed by atoms with E-state index in [9.17, 15) is 4.79 Å². The fourth-order valence-electron chi connectivity index (χ4n) is 2.85. The molecule has 2 aromatic rings. The maximum Gasteiger partial charge on any atom is 0.287 e. The van der Waals surface area contributed by atoms with E-state index in [0.29, 0.717) is 23.1 Å². The largest absolute Gasteiger partial charge is 0.451 e. The summed E-state index contributed by atoms with van der Waals surface area (Å²) in [5, 5.41) is 6.94. The molecule has 1 aromatic carbocycles. The van der Waals surface area contributed by atoms with Crippen LogP contribution in [0.1, 0.15) is 30.3 Å². The van der Waals surface area contributed by atoms with Gasteiger partial charge in [-0.2, -0.15) is 0 Å². The van der Waals surface area contributed by atoms with Crippen LogP contribution in [-0.2, 0) is 0 Å². The molecule has 130 valence electrons. The predicted octanol–water partition coefficient (Wildman–Crippen LogP) is 4.14. The summed E-state index contributed by atoms with van der Waals surface area (Å²) in [7, 11) is 0. The zero-order chi connectivity index (χ0) is 16.3. The molecule has 1 aliphatic rings. The second kappa shape index (κ2) is 8.06. The molecule has 1 aromatic heterocycles. The van der Waals surface area contributed by atoms with Crippen LogP contribution in [-0.4, -0.2) is 25.5 Å². The number of nitrogens with one attached hydrogen (secondary N) is 2. The molecule has 1 aliphatic heterocycles. The lowest BCUT2D eigenvalue weighted by Crippen LogP contribution is -2.42. The molecule has 1 saturated heterocycles. The summed E-state index contributed by atoms with van der Waals surface area (Å²) >= 11 is 6.16. The molecule has 0 bridgehead atoms. The standard InChI is InChI=1S/C18H21ClN2O2.ClH/c1-18(8-10-20-11-9-18)12-21-17(22)16-7-6-15(23-16)13-4-2-3-5-14(13)19;/h2-7,20H,8-12H2,1H3,(H,21,22);1H. The molecule has 3 rings (SSSR count). The molecule has 4 nitrogen and oxygen atoms in total. The van der Waals surface area contributed by atoms with E-state index in [0.717, 1.165) is 31.5 Å². The average Bonchev–Trinajstić information content (AvgIpc) is 3.04. The summed E-state index contributed by atoms with van der Waals surface area (Å²) < 4.78 is 5.68.